The Labute approximate surface area is 323 Å². The van der Waals surface area contributed by atoms with Gasteiger partial charge in [0.25, 0.3) is 0 Å². The smallest absolute Gasteiger partial charge is 0.238 e. The second kappa shape index (κ2) is 13.2. The topological polar surface area (TPSA) is 56.7 Å². The highest BCUT2D eigenvalue weighted by molar-refractivity contribution is 6.16. The Balaban J connectivity index is 1.23. The molecule has 3 heterocycles. The Morgan fingerprint density at radius 2 is 1.09 bits per heavy atom. The number of allylic oxidation sites excluding steroid dienone is 4. The van der Waals surface area contributed by atoms with Gasteiger partial charge in [-0.05, 0) is 83.1 Å². The molecule has 0 aliphatic heterocycles. The van der Waals surface area contributed by atoms with Crippen molar-refractivity contribution in [2.75, 3.05) is 0 Å². The summed E-state index contributed by atoms with van der Waals surface area (Å²) < 4.78 is 8.45. The molecule has 0 unspecified atom stereocenters. The van der Waals surface area contributed by atoms with E-state index in [1.807, 2.05) is 30.3 Å². The fourth-order valence-corrected chi connectivity index (χ4v) is 8.17. The zero-order valence-electron chi connectivity index (χ0n) is 30.4. The molecule has 0 N–H and O–H groups in total. The van der Waals surface area contributed by atoms with Crippen molar-refractivity contribution in [1.82, 2.24) is 19.5 Å². The van der Waals surface area contributed by atoms with Crippen LogP contribution in [0.5, 0.6) is 0 Å². The van der Waals surface area contributed by atoms with Crippen LogP contribution in [-0.2, 0) is 0 Å². The van der Waals surface area contributed by atoms with Crippen LogP contribution in [0.3, 0.4) is 0 Å². The number of furan rings is 1. The van der Waals surface area contributed by atoms with E-state index in [1.54, 1.807) is 0 Å². The summed E-state index contributed by atoms with van der Waals surface area (Å²) in [7, 11) is 0. The Morgan fingerprint density at radius 1 is 0.446 bits per heavy atom. The molecule has 1 aliphatic carbocycles. The standard InChI is InChI=1S/C51H34N4O/c1-5-15-33(16-6-1)39-31-41(34-17-7-2-8-18-34)48-44(32-39)42-29-37(38-26-28-47-43(30-38)40-23-13-14-24-46(40)56-47)25-27-45(42)55(48)51-53-49(35-19-9-3-10-20-35)52-50(54-51)36-21-11-4-12-22-36/h1-3,5-11,13-32H,4,12H2. The summed E-state index contributed by atoms with van der Waals surface area (Å²) in [6.07, 6.45) is 8.53. The summed E-state index contributed by atoms with van der Waals surface area (Å²) in [5.41, 5.74) is 12.6. The molecule has 0 radical (unpaired) electrons. The van der Waals surface area contributed by atoms with Gasteiger partial charge in [0.15, 0.2) is 11.6 Å². The Kier molecular flexibility index (Phi) is 7.56. The summed E-state index contributed by atoms with van der Waals surface area (Å²) in [4.78, 5) is 15.6. The lowest BCUT2D eigenvalue weighted by Crippen LogP contribution is -2.08. The highest BCUT2D eigenvalue weighted by Crippen LogP contribution is 2.43. The fourth-order valence-electron chi connectivity index (χ4n) is 8.17. The SMILES string of the molecule is C1=CC(c2nc(-c3ccccc3)nc(-n3c4ccc(-c5ccc6oc7ccccc7c6c5)cc4c4cc(-c5ccccc5)cc(-c5ccccc5)c43)n2)=CCC1. The first kappa shape index (κ1) is 32.1. The second-order valence-corrected chi connectivity index (χ2v) is 14.3. The maximum absolute atomic E-state index is 6.20. The van der Waals surface area contributed by atoms with Gasteiger partial charge in [-0.3, -0.25) is 4.57 Å². The van der Waals surface area contributed by atoms with E-state index < -0.39 is 0 Å². The fraction of sp³-hybridized carbons (Fsp3) is 0.0392. The zero-order valence-corrected chi connectivity index (χ0v) is 30.4. The van der Waals surface area contributed by atoms with E-state index in [2.05, 4.69) is 156 Å². The van der Waals surface area contributed by atoms with Crippen molar-refractivity contribution < 1.29 is 4.42 Å². The molecule has 0 fully saturated rings. The van der Waals surface area contributed by atoms with Gasteiger partial charge < -0.3 is 4.42 Å². The maximum Gasteiger partial charge on any atom is 0.238 e. The quantitative estimate of drug-likeness (QED) is 0.172. The Hall–Kier alpha value is -7.37. The normalized spacial score (nSPS) is 12.9. The summed E-state index contributed by atoms with van der Waals surface area (Å²) >= 11 is 0. The molecule has 0 spiro atoms. The van der Waals surface area contributed by atoms with E-state index in [4.69, 9.17) is 19.4 Å². The largest absolute Gasteiger partial charge is 0.456 e. The molecule has 11 rings (SSSR count). The van der Waals surface area contributed by atoms with Crippen LogP contribution in [0.1, 0.15) is 18.7 Å². The van der Waals surface area contributed by atoms with Crippen LogP contribution in [0.25, 0.3) is 100 Å². The molecule has 3 aromatic heterocycles. The van der Waals surface area contributed by atoms with Crippen LogP contribution >= 0.6 is 0 Å². The molecule has 264 valence electrons. The van der Waals surface area contributed by atoms with Crippen LogP contribution in [0.15, 0.2) is 186 Å². The molecule has 0 amide bonds. The van der Waals surface area contributed by atoms with Crippen molar-refractivity contribution in [2.45, 2.75) is 12.8 Å². The number of hydrogen-bond donors (Lipinski definition) is 0. The minimum absolute atomic E-state index is 0.581. The van der Waals surface area contributed by atoms with Crippen LogP contribution in [-0.4, -0.2) is 19.5 Å². The van der Waals surface area contributed by atoms with Crippen molar-refractivity contribution >= 4 is 49.3 Å². The minimum Gasteiger partial charge on any atom is -0.456 e. The van der Waals surface area contributed by atoms with E-state index >= 15 is 0 Å². The van der Waals surface area contributed by atoms with Gasteiger partial charge in [0, 0.05) is 38.2 Å². The molecule has 1 aliphatic rings. The molecule has 5 heteroatoms. The lowest BCUT2D eigenvalue weighted by molar-refractivity contribution is 0.669. The van der Waals surface area contributed by atoms with Crippen LogP contribution in [0.2, 0.25) is 0 Å². The third-order valence-corrected chi connectivity index (χ3v) is 10.9. The van der Waals surface area contributed by atoms with Crippen molar-refractivity contribution in [3.8, 4) is 50.7 Å². The van der Waals surface area contributed by atoms with Gasteiger partial charge in [-0.25, -0.2) is 4.98 Å². The van der Waals surface area contributed by atoms with E-state index in [9.17, 15) is 0 Å². The predicted octanol–water partition coefficient (Wildman–Crippen LogP) is 13.3. The number of aromatic nitrogens is 4. The van der Waals surface area contributed by atoms with E-state index in [1.165, 1.54) is 0 Å². The van der Waals surface area contributed by atoms with Gasteiger partial charge in [-0.1, -0.05) is 140 Å². The molecular formula is C51H34N4O. The third kappa shape index (κ3) is 5.44. The summed E-state index contributed by atoms with van der Waals surface area (Å²) in [5.74, 6) is 1.89. The summed E-state index contributed by atoms with van der Waals surface area (Å²) in [6, 6.07) is 57.7. The van der Waals surface area contributed by atoms with Crippen molar-refractivity contribution in [1.29, 1.82) is 0 Å². The molecular weight excluding hydrogens is 685 g/mol. The molecule has 0 saturated carbocycles. The monoisotopic (exact) mass is 718 g/mol. The van der Waals surface area contributed by atoms with Gasteiger partial charge in [0.05, 0.1) is 11.0 Å². The highest BCUT2D eigenvalue weighted by atomic mass is 16.3. The minimum atomic E-state index is 0.581. The number of fused-ring (bicyclic) bond motifs is 6. The van der Waals surface area contributed by atoms with Crippen LogP contribution in [0, 0.1) is 0 Å². The maximum atomic E-state index is 6.20. The molecule has 56 heavy (non-hydrogen) atoms. The molecule has 10 aromatic rings. The van der Waals surface area contributed by atoms with E-state index in [-0.39, 0.29) is 0 Å². The van der Waals surface area contributed by atoms with Crippen molar-refractivity contribution in [3.05, 3.63) is 188 Å². The van der Waals surface area contributed by atoms with Gasteiger partial charge in [0.1, 0.15) is 11.2 Å². The van der Waals surface area contributed by atoms with Crippen LogP contribution < -0.4 is 0 Å². The Bertz CT molecular complexity index is 3170. The van der Waals surface area contributed by atoms with Crippen molar-refractivity contribution in [3.63, 3.8) is 0 Å². The van der Waals surface area contributed by atoms with Gasteiger partial charge >= 0.3 is 0 Å². The first-order valence-electron chi connectivity index (χ1n) is 19.1. The van der Waals surface area contributed by atoms with Gasteiger partial charge in [0.2, 0.25) is 5.95 Å². The first-order chi connectivity index (χ1) is 27.7. The average Bonchev–Trinajstić information content (AvgIpc) is 3.82. The molecule has 0 saturated heterocycles. The number of nitrogens with zero attached hydrogens (tertiary/aromatic N) is 4. The lowest BCUT2D eigenvalue weighted by Gasteiger charge is -2.15. The molecule has 7 aromatic carbocycles. The summed E-state index contributed by atoms with van der Waals surface area (Å²) in [6.45, 7) is 0. The highest BCUT2D eigenvalue weighted by Gasteiger charge is 2.23. The van der Waals surface area contributed by atoms with Crippen molar-refractivity contribution in [2.24, 2.45) is 0 Å². The average molecular weight is 719 g/mol. The number of rotatable bonds is 6. The second-order valence-electron chi connectivity index (χ2n) is 14.3. The Morgan fingerprint density at radius 3 is 1.86 bits per heavy atom. The lowest BCUT2D eigenvalue weighted by atomic mass is 9.95. The molecule has 0 bridgehead atoms. The third-order valence-electron chi connectivity index (χ3n) is 10.9. The van der Waals surface area contributed by atoms with Crippen LogP contribution in [0.4, 0.5) is 0 Å². The molecule has 5 nitrogen and oxygen atoms in total. The van der Waals surface area contributed by atoms with E-state index in [0.29, 0.717) is 17.6 Å². The van der Waals surface area contributed by atoms with Gasteiger partial charge in [-0.2, -0.15) is 9.97 Å². The van der Waals surface area contributed by atoms with Gasteiger partial charge in [-0.15, -0.1) is 0 Å². The number of benzene rings is 7. The van der Waals surface area contributed by atoms with E-state index in [0.717, 1.165) is 101 Å². The number of hydrogen-bond acceptors (Lipinski definition) is 4. The molecule has 0 atom stereocenters. The predicted molar refractivity (Wildman–Crippen MR) is 230 cm³/mol. The zero-order chi connectivity index (χ0) is 37.0. The number of para-hydroxylation sites is 1. The summed E-state index contributed by atoms with van der Waals surface area (Å²) in [5, 5.41) is 4.46. The first-order valence-corrected chi connectivity index (χ1v) is 19.1.